The molecule has 1 aromatic heterocycles. The predicted molar refractivity (Wildman–Crippen MR) is 80.0 cm³/mol. The summed E-state index contributed by atoms with van der Waals surface area (Å²) in [7, 11) is -3.49. The van der Waals surface area contributed by atoms with Crippen LogP contribution in [-0.4, -0.2) is 19.9 Å². The Morgan fingerprint density at radius 1 is 1.30 bits per heavy atom. The van der Waals surface area contributed by atoms with Crippen molar-refractivity contribution in [1.29, 1.82) is 0 Å². The topological polar surface area (TPSA) is 97.1 Å². The minimum atomic E-state index is -3.49. The summed E-state index contributed by atoms with van der Waals surface area (Å²) in [6.45, 7) is 2.24. The van der Waals surface area contributed by atoms with Gasteiger partial charge in [-0.2, -0.15) is 0 Å². The van der Waals surface area contributed by atoms with Crippen LogP contribution in [0.5, 0.6) is 0 Å². The molecule has 1 aromatic carbocycles. The summed E-state index contributed by atoms with van der Waals surface area (Å²) in [5, 5.41) is 2.87. The summed E-state index contributed by atoms with van der Waals surface area (Å²) in [4.78, 5) is 4.50. The smallest absolute Gasteiger partial charge is 0.240 e. The highest BCUT2D eigenvalue weighted by Crippen LogP contribution is 2.13. The van der Waals surface area contributed by atoms with E-state index in [0.717, 1.165) is 10.7 Å². The Labute approximate surface area is 122 Å². The lowest BCUT2D eigenvalue weighted by Crippen LogP contribution is -2.26. The fraction of sp³-hybridized carbons (Fsp3) is 0.250. The van der Waals surface area contributed by atoms with Gasteiger partial charge in [0.15, 0.2) is 0 Å². The van der Waals surface area contributed by atoms with E-state index in [2.05, 4.69) is 15.1 Å². The molecular weight excluding hydrogens is 296 g/mol. The first kappa shape index (κ1) is 14.9. The first-order valence-electron chi connectivity index (χ1n) is 5.98. The first-order chi connectivity index (χ1) is 9.51. The summed E-state index contributed by atoms with van der Waals surface area (Å²) in [6, 6.07) is 6.23. The quantitative estimate of drug-likeness (QED) is 0.551. The van der Waals surface area contributed by atoms with Crippen molar-refractivity contribution in [2.24, 2.45) is 5.84 Å². The highest BCUT2D eigenvalue weighted by atomic mass is 32.2. The summed E-state index contributed by atoms with van der Waals surface area (Å²) in [5.74, 6) is 5.23. The molecule has 0 aliphatic heterocycles. The average molecular weight is 312 g/mol. The van der Waals surface area contributed by atoms with E-state index < -0.39 is 10.0 Å². The number of hydrogen-bond acceptors (Lipinski definition) is 6. The number of rotatable bonds is 6. The van der Waals surface area contributed by atoms with Crippen LogP contribution in [0.2, 0.25) is 0 Å². The van der Waals surface area contributed by atoms with Crippen molar-refractivity contribution >= 4 is 27.0 Å². The zero-order chi connectivity index (χ0) is 14.6. The van der Waals surface area contributed by atoms with E-state index in [1.165, 1.54) is 23.5 Å². The van der Waals surface area contributed by atoms with E-state index >= 15 is 0 Å². The Kier molecular flexibility index (Phi) is 4.71. The molecule has 0 atom stereocenters. The lowest BCUT2D eigenvalue weighted by molar-refractivity contribution is 0.581. The Bertz CT molecular complexity index is 665. The number of nitrogens with zero attached hydrogens (tertiary/aromatic N) is 1. The summed E-state index contributed by atoms with van der Waals surface area (Å²) < 4.78 is 26.7. The van der Waals surface area contributed by atoms with Gasteiger partial charge < -0.3 is 5.43 Å². The van der Waals surface area contributed by atoms with Gasteiger partial charge in [-0.05, 0) is 31.2 Å². The van der Waals surface area contributed by atoms with Crippen molar-refractivity contribution in [3.05, 3.63) is 40.3 Å². The summed E-state index contributed by atoms with van der Waals surface area (Å²) >= 11 is 1.53. The molecule has 0 saturated carbocycles. The zero-order valence-corrected chi connectivity index (χ0v) is 12.6. The van der Waals surface area contributed by atoms with E-state index in [9.17, 15) is 8.42 Å². The van der Waals surface area contributed by atoms with Crippen molar-refractivity contribution in [2.45, 2.75) is 18.2 Å². The van der Waals surface area contributed by atoms with Crippen LogP contribution in [0.15, 0.2) is 34.5 Å². The van der Waals surface area contributed by atoms with Crippen molar-refractivity contribution in [1.82, 2.24) is 9.71 Å². The molecule has 0 unspecified atom stereocenters. The van der Waals surface area contributed by atoms with Gasteiger partial charge in [-0.15, -0.1) is 11.3 Å². The standard InChI is InChI=1S/C12H16N4O2S2/c1-9-8-19-12(15-9)6-7-14-20(17,18)11-4-2-10(16-13)3-5-11/h2-5,8,14,16H,6-7,13H2,1H3. The number of nitrogens with one attached hydrogen (secondary N) is 2. The van der Waals surface area contributed by atoms with Crippen LogP contribution in [0.3, 0.4) is 0 Å². The molecule has 0 radical (unpaired) electrons. The molecule has 0 aliphatic rings. The normalized spacial score (nSPS) is 11.5. The maximum absolute atomic E-state index is 12.0. The number of thiazole rings is 1. The summed E-state index contributed by atoms with van der Waals surface area (Å²) in [5.41, 5.74) is 4.06. The van der Waals surface area contributed by atoms with E-state index in [1.54, 1.807) is 12.1 Å². The molecule has 0 spiro atoms. The number of sulfonamides is 1. The zero-order valence-electron chi connectivity index (χ0n) is 11.0. The molecule has 0 bridgehead atoms. The van der Waals surface area contributed by atoms with Gasteiger partial charge in [0.1, 0.15) is 0 Å². The Hall–Kier alpha value is -1.48. The van der Waals surface area contributed by atoms with Crippen LogP contribution in [0.4, 0.5) is 5.69 Å². The van der Waals surface area contributed by atoms with E-state index in [4.69, 9.17) is 5.84 Å². The van der Waals surface area contributed by atoms with Gasteiger partial charge in [-0.25, -0.2) is 18.1 Å². The molecular formula is C12H16N4O2S2. The third-order valence-electron chi connectivity index (χ3n) is 2.63. The molecule has 2 aromatic rings. The SMILES string of the molecule is Cc1csc(CCNS(=O)(=O)c2ccc(NN)cc2)n1. The third-order valence-corrected chi connectivity index (χ3v) is 5.13. The largest absolute Gasteiger partial charge is 0.324 e. The molecule has 6 nitrogen and oxygen atoms in total. The Balaban J connectivity index is 1.96. The van der Waals surface area contributed by atoms with Crippen molar-refractivity contribution < 1.29 is 8.42 Å². The minimum Gasteiger partial charge on any atom is -0.324 e. The molecule has 4 N–H and O–H groups in total. The second-order valence-corrected chi connectivity index (χ2v) is 6.91. The second kappa shape index (κ2) is 6.31. The molecule has 2 rings (SSSR count). The van der Waals surface area contributed by atoms with Gasteiger partial charge in [0.05, 0.1) is 9.90 Å². The molecule has 8 heteroatoms. The maximum atomic E-state index is 12.0. The number of aryl methyl sites for hydroxylation is 1. The molecule has 0 amide bonds. The fourth-order valence-electron chi connectivity index (χ4n) is 1.62. The molecule has 0 saturated heterocycles. The first-order valence-corrected chi connectivity index (χ1v) is 8.35. The van der Waals surface area contributed by atoms with E-state index in [1.807, 2.05) is 12.3 Å². The van der Waals surface area contributed by atoms with Crippen LogP contribution in [0, 0.1) is 6.92 Å². The predicted octanol–water partition coefficient (Wildman–Crippen LogP) is 1.26. The monoisotopic (exact) mass is 312 g/mol. The van der Waals surface area contributed by atoms with Crippen LogP contribution in [-0.2, 0) is 16.4 Å². The summed E-state index contributed by atoms with van der Waals surface area (Å²) in [6.07, 6.45) is 0.584. The van der Waals surface area contributed by atoms with Gasteiger partial charge >= 0.3 is 0 Å². The number of nitrogen functional groups attached to an aromatic ring is 1. The molecule has 20 heavy (non-hydrogen) atoms. The highest BCUT2D eigenvalue weighted by molar-refractivity contribution is 7.89. The van der Waals surface area contributed by atoms with E-state index in [0.29, 0.717) is 18.7 Å². The minimum absolute atomic E-state index is 0.215. The van der Waals surface area contributed by atoms with Crippen LogP contribution in [0.25, 0.3) is 0 Å². The van der Waals surface area contributed by atoms with Crippen molar-refractivity contribution in [3.63, 3.8) is 0 Å². The van der Waals surface area contributed by atoms with Crippen LogP contribution < -0.4 is 16.0 Å². The van der Waals surface area contributed by atoms with Crippen molar-refractivity contribution in [2.75, 3.05) is 12.0 Å². The van der Waals surface area contributed by atoms with Crippen LogP contribution in [0.1, 0.15) is 10.7 Å². The number of hydrogen-bond donors (Lipinski definition) is 3. The van der Waals surface area contributed by atoms with Crippen molar-refractivity contribution in [3.8, 4) is 0 Å². The Morgan fingerprint density at radius 2 is 2.00 bits per heavy atom. The van der Waals surface area contributed by atoms with Crippen LogP contribution >= 0.6 is 11.3 Å². The maximum Gasteiger partial charge on any atom is 0.240 e. The fourth-order valence-corrected chi connectivity index (χ4v) is 3.43. The van der Waals surface area contributed by atoms with Gasteiger partial charge in [-0.3, -0.25) is 5.84 Å². The number of nitrogens with two attached hydrogens (primary N) is 1. The molecule has 108 valence electrons. The van der Waals surface area contributed by atoms with Gasteiger partial charge in [0.2, 0.25) is 10.0 Å². The second-order valence-electron chi connectivity index (χ2n) is 4.20. The lowest BCUT2D eigenvalue weighted by Gasteiger charge is -2.06. The number of anilines is 1. The number of aromatic nitrogens is 1. The number of benzene rings is 1. The van der Waals surface area contributed by atoms with E-state index in [-0.39, 0.29) is 4.90 Å². The third kappa shape index (κ3) is 3.76. The molecule has 1 heterocycles. The average Bonchev–Trinajstić information content (AvgIpc) is 2.84. The van der Waals surface area contributed by atoms with Gasteiger partial charge in [0.25, 0.3) is 0 Å². The lowest BCUT2D eigenvalue weighted by atomic mass is 10.3. The molecule has 0 aliphatic carbocycles. The Morgan fingerprint density at radius 3 is 2.55 bits per heavy atom. The molecule has 0 fully saturated rings. The van der Waals surface area contributed by atoms with Gasteiger partial charge in [-0.1, -0.05) is 0 Å². The van der Waals surface area contributed by atoms with Gasteiger partial charge in [0, 0.05) is 29.7 Å². The highest BCUT2D eigenvalue weighted by Gasteiger charge is 2.13. The number of hydrazine groups is 1.